The molecule has 2 aliphatic rings. The van der Waals surface area contributed by atoms with Gasteiger partial charge in [-0.15, -0.1) is 0 Å². The number of hydrogen-bond donors (Lipinski definition) is 2. The lowest BCUT2D eigenvalue weighted by Crippen LogP contribution is -2.47. The number of fused-ring (bicyclic) bond motifs is 2. The van der Waals surface area contributed by atoms with E-state index in [9.17, 15) is 9.90 Å². The van der Waals surface area contributed by atoms with Gasteiger partial charge in [0.05, 0.1) is 23.7 Å². The van der Waals surface area contributed by atoms with Gasteiger partial charge in [0.2, 0.25) is 5.91 Å². The molecule has 0 radical (unpaired) electrons. The van der Waals surface area contributed by atoms with E-state index < -0.39 is 5.60 Å². The van der Waals surface area contributed by atoms with E-state index in [0.29, 0.717) is 12.6 Å². The maximum absolute atomic E-state index is 12.0. The van der Waals surface area contributed by atoms with E-state index in [2.05, 4.69) is 5.32 Å². The predicted octanol–water partition coefficient (Wildman–Crippen LogP) is 1.08. The molecule has 2 aliphatic heterocycles. The molecule has 0 aromatic rings. The molecule has 4 nitrogen and oxygen atoms in total. The Bertz CT molecular complexity index is 301. The van der Waals surface area contributed by atoms with Crippen molar-refractivity contribution < 1.29 is 14.6 Å². The Balaban J connectivity index is 1.82. The Hall–Kier alpha value is -0.610. The molecule has 17 heavy (non-hydrogen) atoms. The van der Waals surface area contributed by atoms with Gasteiger partial charge in [-0.3, -0.25) is 4.79 Å². The number of ether oxygens (including phenoxy) is 1. The number of nitrogens with one attached hydrogen (secondary N) is 1. The van der Waals surface area contributed by atoms with Gasteiger partial charge in [-0.1, -0.05) is 13.8 Å². The number of rotatable bonds is 4. The Morgan fingerprint density at radius 2 is 2.24 bits per heavy atom. The number of amides is 1. The van der Waals surface area contributed by atoms with Crippen molar-refractivity contribution in [3.63, 3.8) is 0 Å². The summed E-state index contributed by atoms with van der Waals surface area (Å²) in [6.07, 6.45) is 3.35. The van der Waals surface area contributed by atoms with Crippen LogP contribution >= 0.6 is 0 Å². The molecule has 4 heteroatoms. The first-order chi connectivity index (χ1) is 7.90. The van der Waals surface area contributed by atoms with Gasteiger partial charge in [-0.25, -0.2) is 0 Å². The fourth-order valence-corrected chi connectivity index (χ4v) is 2.52. The van der Waals surface area contributed by atoms with E-state index in [4.69, 9.17) is 4.74 Å². The molecule has 2 heterocycles. The van der Waals surface area contributed by atoms with Crippen molar-refractivity contribution in [1.82, 2.24) is 5.32 Å². The highest BCUT2D eigenvalue weighted by Crippen LogP contribution is 2.38. The summed E-state index contributed by atoms with van der Waals surface area (Å²) in [6.45, 7) is 5.98. The van der Waals surface area contributed by atoms with Gasteiger partial charge >= 0.3 is 0 Å². The first-order valence-corrected chi connectivity index (χ1v) is 6.55. The highest BCUT2D eigenvalue weighted by atomic mass is 16.5. The van der Waals surface area contributed by atoms with Crippen LogP contribution in [0.5, 0.6) is 0 Å². The summed E-state index contributed by atoms with van der Waals surface area (Å²) in [5.41, 5.74) is -0.839. The molecular formula is C13H23NO3. The maximum Gasteiger partial charge on any atom is 0.225 e. The van der Waals surface area contributed by atoms with Crippen LogP contribution in [0.1, 0.15) is 40.0 Å². The number of aliphatic hydroxyl groups is 1. The van der Waals surface area contributed by atoms with E-state index in [-0.39, 0.29) is 23.8 Å². The zero-order chi connectivity index (χ0) is 12.6. The number of carbonyl (C=O) groups is 1. The molecule has 4 unspecified atom stereocenters. The van der Waals surface area contributed by atoms with E-state index in [1.165, 1.54) is 0 Å². The van der Waals surface area contributed by atoms with Crippen LogP contribution < -0.4 is 5.32 Å². The summed E-state index contributed by atoms with van der Waals surface area (Å²) in [7, 11) is 0. The van der Waals surface area contributed by atoms with Gasteiger partial charge < -0.3 is 15.2 Å². The molecular weight excluding hydrogens is 218 g/mol. The first kappa shape index (κ1) is 12.8. The lowest BCUT2D eigenvalue weighted by atomic mass is 9.88. The van der Waals surface area contributed by atoms with Crippen molar-refractivity contribution in [3.8, 4) is 0 Å². The molecule has 2 N–H and O–H groups in total. The van der Waals surface area contributed by atoms with Gasteiger partial charge in [0.1, 0.15) is 0 Å². The largest absolute Gasteiger partial charge is 0.388 e. The van der Waals surface area contributed by atoms with Crippen molar-refractivity contribution in [2.75, 3.05) is 6.54 Å². The average molecular weight is 241 g/mol. The standard InChI is InChI=1S/C13H23NO3/c1-8(2)13(3,16)7-14-12(15)10-6-9-4-5-11(10)17-9/h8-11,16H,4-7H2,1-3H3,(H,14,15). The summed E-state index contributed by atoms with van der Waals surface area (Å²) >= 11 is 0. The van der Waals surface area contributed by atoms with E-state index >= 15 is 0 Å². The minimum absolute atomic E-state index is 0.00304. The molecule has 98 valence electrons. The monoisotopic (exact) mass is 241 g/mol. The first-order valence-electron chi connectivity index (χ1n) is 6.55. The maximum atomic E-state index is 12.0. The zero-order valence-electron chi connectivity index (χ0n) is 10.9. The van der Waals surface area contributed by atoms with Crippen LogP contribution in [-0.2, 0) is 9.53 Å². The third-order valence-electron chi connectivity index (χ3n) is 4.31. The van der Waals surface area contributed by atoms with E-state index in [1.807, 2.05) is 13.8 Å². The molecule has 0 aliphatic carbocycles. The van der Waals surface area contributed by atoms with Crippen molar-refractivity contribution in [1.29, 1.82) is 0 Å². The van der Waals surface area contributed by atoms with Crippen molar-refractivity contribution in [2.45, 2.75) is 57.8 Å². The number of carbonyl (C=O) groups excluding carboxylic acids is 1. The average Bonchev–Trinajstić information content (AvgIpc) is 2.87. The lowest BCUT2D eigenvalue weighted by molar-refractivity contribution is -0.128. The second-order valence-corrected chi connectivity index (χ2v) is 5.95. The van der Waals surface area contributed by atoms with Crippen molar-refractivity contribution in [3.05, 3.63) is 0 Å². The summed E-state index contributed by atoms with van der Waals surface area (Å²) in [5.74, 6) is 0.161. The summed E-state index contributed by atoms with van der Waals surface area (Å²) in [6, 6.07) is 0. The van der Waals surface area contributed by atoms with Crippen LogP contribution in [0.2, 0.25) is 0 Å². The van der Waals surface area contributed by atoms with Crippen molar-refractivity contribution >= 4 is 5.91 Å². The molecule has 0 aromatic carbocycles. The zero-order valence-corrected chi connectivity index (χ0v) is 10.9. The Morgan fingerprint density at radius 1 is 1.53 bits per heavy atom. The molecule has 2 saturated heterocycles. The van der Waals surface area contributed by atoms with Crippen LogP contribution in [0.3, 0.4) is 0 Å². The minimum Gasteiger partial charge on any atom is -0.388 e. The molecule has 1 amide bonds. The van der Waals surface area contributed by atoms with E-state index in [1.54, 1.807) is 6.92 Å². The Labute approximate surface area is 103 Å². The minimum atomic E-state index is -0.839. The van der Waals surface area contributed by atoms with Gasteiger partial charge in [0, 0.05) is 6.54 Å². The van der Waals surface area contributed by atoms with Crippen LogP contribution in [0.25, 0.3) is 0 Å². The number of hydrogen-bond acceptors (Lipinski definition) is 3. The third-order valence-corrected chi connectivity index (χ3v) is 4.31. The van der Waals surface area contributed by atoms with Gasteiger partial charge in [-0.05, 0) is 32.1 Å². The Morgan fingerprint density at radius 3 is 2.71 bits per heavy atom. The molecule has 2 fully saturated rings. The quantitative estimate of drug-likeness (QED) is 0.774. The Kier molecular flexibility index (Phi) is 3.46. The molecule has 2 bridgehead atoms. The van der Waals surface area contributed by atoms with Crippen molar-refractivity contribution in [2.24, 2.45) is 11.8 Å². The fraction of sp³-hybridized carbons (Fsp3) is 0.923. The molecule has 0 saturated carbocycles. The van der Waals surface area contributed by atoms with Gasteiger partial charge in [0.25, 0.3) is 0 Å². The van der Waals surface area contributed by atoms with E-state index in [0.717, 1.165) is 19.3 Å². The molecule has 4 atom stereocenters. The normalized spacial score (nSPS) is 35.0. The lowest BCUT2D eigenvalue weighted by Gasteiger charge is -2.29. The molecule has 0 spiro atoms. The second-order valence-electron chi connectivity index (χ2n) is 5.95. The third kappa shape index (κ3) is 2.63. The summed E-state index contributed by atoms with van der Waals surface area (Å²) in [4.78, 5) is 12.0. The van der Waals surface area contributed by atoms with Crippen LogP contribution in [0.4, 0.5) is 0 Å². The van der Waals surface area contributed by atoms with Crippen LogP contribution in [-0.4, -0.2) is 35.4 Å². The second kappa shape index (κ2) is 4.58. The van der Waals surface area contributed by atoms with Gasteiger partial charge in [0.15, 0.2) is 0 Å². The highest BCUT2D eigenvalue weighted by Gasteiger charge is 2.44. The topological polar surface area (TPSA) is 58.6 Å². The molecule has 2 rings (SSSR count). The fourth-order valence-electron chi connectivity index (χ4n) is 2.52. The highest BCUT2D eigenvalue weighted by molar-refractivity contribution is 5.79. The van der Waals surface area contributed by atoms with Crippen LogP contribution in [0.15, 0.2) is 0 Å². The SMILES string of the molecule is CC(C)C(C)(O)CNC(=O)C1CC2CCC1O2. The molecule has 0 aromatic heterocycles. The van der Waals surface area contributed by atoms with Gasteiger partial charge in [-0.2, -0.15) is 0 Å². The summed E-state index contributed by atoms with van der Waals surface area (Å²) in [5, 5.41) is 12.9. The smallest absolute Gasteiger partial charge is 0.225 e. The predicted molar refractivity (Wildman–Crippen MR) is 64.5 cm³/mol. The van der Waals surface area contributed by atoms with Crippen LogP contribution in [0, 0.1) is 11.8 Å². The summed E-state index contributed by atoms with van der Waals surface area (Å²) < 4.78 is 5.66.